The van der Waals surface area contributed by atoms with Crippen molar-refractivity contribution in [3.05, 3.63) is 40.5 Å². The number of aromatic nitrogens is 1. The van der Waals surface area contributed by atoms with E-state index >= 15 is 0 Å². The Bertz CT molecular complexity index is 882. The van der Waals surface area contributed by atoms with E-state index in [1.807, 2.05) is 6.20 Å². The number of benzene rings is 1. The molecule has 0 amide bonds. The molecule has 0 fully saturated rings. The topological polar surface area (TPSA) is 53.4 Å². The Labute approximate surface area is 132 Å². The molecular formula is C18H17NO2S. The van der Waals surface area contributed by atoms with Gasteiger partial charge < -0.3 is 10.2 Å². The fraction of sp³-hybridized carbons (Fsp3) is 0.278. The van der Waals surface area contributed by atoms with Crippen molar-refractivity contribution in [2.45, 2.75) is 32.6 Å². The summed E-state index contributed by atoms with van der Waals surface area (Å²) >= 11 is 1.80. The molecule has 2 N–H and O–H groups in total. The first kappa shape index (κ1) is 13.6. The second kappa shape index (κ2) is 4.99. The molecule has 2 heterocycles. The van der Waals surface area contributed by atoms with Gasteiger partial charge in [0.15, 0.2) is 11.5 Å². The summed E-state index contributed by atoms with van der Waals surface area (Å²) in [5.74, 6) is -0.105. The SMILES string of the molecule is CCCc1cc2c3c(ncc2s1)CCc1cc(O)c(O)cc1-3. The number of phenolic OH excluding ortho intramolecular Hbond substituents is 2. The van der Waals surface area contributed by atoms with Gasteiger partial charge in [0.05, 0.1) is 4.70 Å². The molecule has 0 radical (unpaired) electrons. The van der Waals surface area contributed by atoms with Crippen LogP contribution in [-0.4, -0.2) is 15.2 Å². The number of hydrogen-bond acceptors (Lipinski definition) is 4. The quantitative estimate of drug-likeness (QED) is 0.689. The third-order valence-corrected chi connectivity index (χ3v) is 5.43. The van der Waals surface area contributed by atoms with Gasteiger partial charge in [-0.25, -0.2) is 0 Å². The fourth-order valence-electron chi connectivity index (χ4n) is 3.28. The summed E-state index contributed by atoms with van der Waals surface area (Å²) < 4.78 is 1.20. The van der Waals surface area contributed by atoms with E-state index in [0.29, 0.717) is 0 Å². The number of phenols is 2. The Morgan fingerprint density at radius 1 is 1.14 bits per heavy atom. The van der Waals surface area contributed by atoms with Gasteiger partial charge in [0.1, 0.15) is 0 Å². The molecule has 3 nitrogen and oxygen atoms in total. The van der Waals surface area contributed by atoms with Crippen molar-refractivity contribution in [2.24, 2.45) is 0 Å². The van der Waals surface area contributed by atoms with Crippen molar-refractivity contribution in [1.82, 2.24) is 4.98 Å². The monoisotopic (exact) mass is 311 g/mol. The van der Waals surface area contributed by atoms with E-state index < -0.39 is 0 Å². The lowest BCUT2D eigenvalue weighted by atomic mass is 9.86. The predicted molar refractivity (Wildman–Crippen MR) is 89.8 cm³/mol. The van der Waals surface area contributed by atoms with Crippen LogP contribution in [-0.2, 0) is 19.3 Å². The van der Waals surface area contributed by atoms with Gasteiger partial charge in [-0.2, -0.15) is 0 Å². The number of pyridine rings is 1. The molecule has 0 saturated heterocycles. The van der Waals surface area contributed by atoms with Crippen molar-refractivity contribution in [2.75, 3.05) is 0 Å². The third kappa shape index (κ3) is 1.98. The molecule has 0 aliphatic heterocycles. The van der Waals surface area contributed by atoms with Crippen molar-refractivity contribution < 1.29 is 10.2 Å². The molecule has 22 heavy (non-hydrogen) atoms. The molecular weight excluding hydrogens is 294 g/mol. The number of fused-ring (bicyclic) bond motifs is 5. The minimum absolute atomic E-state index is 0.0423. The molecule has 4 rings (SSSR count). The first-order valence-electron chi connectivity index (χ1n) is 7.63. The van der Waals surface area contributed by atoms with E-state index in [-0.39, 0.29) is 11.5 Å². The predicted octanol–water partition coefficient (Wildman–Crippen LogP) is 4.43. The van der Waals surface area contributed by atoms with Crippen LogP contribution in [0.25, 0.3) is 21.2 Å². The second-order valence-electron chi connectivity index (χ2n) is 5.82. The maximum atomic E-state index is 9.89. The highest BCUT2D eigenvalue weighted by molar-refractivity contribution is 7.19. The van der Waals surface area contributed by atoms with Gasteiger partial charge in [0.25, 0.3) is 0 Å². The summed E-state index contributed by atoms with van der Waals surface area (Å²) in [7, 11) is 0. The van der Waals surface area contributed by atoms with Gasteiger partial charge in [-0.1, -0.05) is 13.3 Å². The van der Waals surface area contributed by atoms with Crippen molar-refractivity contribution in [1.29, 1.82) is 0 Å². The molecule has 1 aromatic carbocycles. The van der Waals surface area contributed by atoms with Crippen LogP contribution in [0.15, 0.2) is 24.4 Å². The Balaban J connectivity index is 2.01. The van der Waals surface area contributed by atoms with Crippen molar-refractivity contribution in [3.63, 3.8) is 0 Å². The maximum Gasteiger partial charge on any atom is 0.158 e. The summed E-state index contributed by atoms with van der Waals surface area (Å²) in [6.07, 6.45) is 5.92. The van der Waals surface area contributed by atoms with Crippen LogP contribution in [0.3, 0.4) is 0 Å². The third-order valence-electron chi connectivity index (χ3n) is 4.30. The van der Waals surface area contributed by atoms with E-state index in [0.717, 1.165) is 48.1 Å². The molecule has 2 aromatic heterocycles. The summed E-state index contributed by atoms with van der Waals surface area (Å²) in [6.45, 7) is 2.19. The molecule has 4 heteroatoms. The van der Waals surface area contributed by atoms with Gasteiger partial charge in [-0.15, -0.1) is 11.3 Å². The number of hydrogen-bond donors (Lipinski definition) is 2. The Morgan fingerprint density at radius 2 is 1.95 bits per heavy atom. The molecule has 0 saturated carbocycles. The van der Waals surface area contributed by atoms with Gasteiger partial charge >= 0.3 is 0 Å². The number of rotatable bonds is 2. The second-order valence-corrected chi connectivity index (χ2v) is 6.99. The standard InChI is InChI=1S/C18H17NO2S/c1-2-3-11-7-13-17(22-11)9-19-14-5-4-10-6-15(20)16(21)8-12(10)18(13)14/h6-9,20-21H,2-5H2,1H3. The van der Waals surface area contributed by atoms with Gasteiger partial charge in [0.2, 0.25) is 0 Å². The first-order chi connectivity index (χ1) is 10.7. The van der Waals surface area contributed by atoms with Crippen LogP contribution in [0.1, 0.15) is 29.5 Å². The minimum Gasteiger partial charge on any atom is -0.504 e. The van der Waals surface area contributed by atoms with E-state index in [9.17, 15) is 10.2 Å². The highest BCUT2D eigenvalue weighted by Gasteiger charge is 2.22. The van der Waals surface area contributed by atoms with Crippen LogP contribution < -0.4 is 0 Å². The first-order valence-corrected chi connectivity index (χ1v) is 8.44. The fourth-order valence-corrected chi connectivity index (χ4v) is 4.42. The summed E-state index contributed by atoms with van der Waals surface area (Å²) in [4.78, 5) is 6.02. The zero-order valence-corrected chi connectivity index (χ0v) is 13.2. The lowest BCUT2D eigenvalue weighted by Gasteiger charge is -2.20. The van der Waals surface area contributed by atoms with Crippen LogP contribution in [0.5, 0.6) is 11.5 Å². The van der Waals surface area contributed by atoms with Crippen LogP contribution in [0, 0.1) is 0 Å². The van der Waals surface area contributed by atoms with Gasteiger partial charge in [0, 0.05) is 27.7 Å². The zero-order valence-electron chi connectivity index (χ0n) is 12.4. The molecule has 1 aliphatic carbocycles. The van der Waals surface area contributed by atoms with E-state index in [1.54, 1.807) is 23.5 Å². The molecule has 112 valence electrons. The normalized spacial score (nSPS) is 13.1. The molecule has 0 unspecified atom stereocenters. The van der Waals surface area contributed by atoms with Crippen molar-refractivity contribution >= 4 is 21.4 Å². The van der Waals surface area contributed by atoms with E-state index in [4.69, 9.17) is 0 Å². The van der Waals surface area contributed by atoms with E-state index in [1.165, 1.54) is 15.0 Å². The smallest absolute Gasteiger partial charge is 0.158 e. The highest BCUT2D eigenvalue weighted by atomic mass is 32.1. The Kier molecular flexibility index (Phi) is 3.08. The van der Waals surface area contributed by atoms with Gasteiger partial charge in [-0.05, 0) is 48.6 Å². The maximum absolute atomic E-state index is 9.89. The highest BCUT2D eigenvalue weighted by Crippen LogP contribution is 2.43. The van der Waals surface area contributed by atoms with Crippen LogP contribution in [0.4, 0.5) is 0 Å². The summed E-state index contributed by atoms with van der Waals surface area (Å²) in [6, 6.07) is 5.63. The molecule has 0 bridgehead atoms. The molecule has 3 aromatic rings. The van der Waals surface area contributed by atoms with Crippen LogP contribution in [0.2, 0.25) is 0 Å². The minimum atomic E-state index is -0.0624. The zero-order chi connectivity index (χ0) is 15.3. The van der Waals surface area contributed by atoms with E-state index in [2.05, 4.69) is 18.0 Å². The molecule has 0 atom stereocenters. The lowest BCUT2D eigenvalue weighted by molar-refractivity contribution is 0.403. The summed E-state index contributed by atoms with van der Waals surface area (Å²) in [5, 5.41) is 20.9. The average molecular weight is 311 g/mol. The molecule has 0 spiro atoms. The summed E-state index contributed by atoms with van der Waals surface area (Å²) in [5.41, 5.74) is 4.31. The largest absolute Gasteiger partial charge is 0.504 e. The number of thiophene rings is 1. The Hall–Kier alpha value is -2.07. The average Bonchev–Trinajstić information content (AvgIpc) is 2.91. The van der Waals surface area contributed by atoms with Crippen molar-refractivity contribution in [3.8, 4) is 22.6 Å². The lowest BCUT2D eigenvalue weighted by Crippen LogP contribution is -2.06. The van der Waals surface area contributed by atoms with Crippen LogP contribution >= 0.6 is 11.3 Å². The molecule has 1 aliphatic rings. The number of nitrogens with zero attached hydrogens (tertiary/aromatic N) is 1. The Morgan fingerprint density at radius 3 is 2.77 bits per heavy atom. The number of aryl methyl sites for hydroxylation is 3. The van der Waals surface area contributed by atoms with Gasteiger partial charge in [-0.3, -0.25) is 4.98 Å². The number of aromatic hydroxyl groups is 2.